The molecular formula is C24H25Cl2N5O4. The van der Waals surface area contributed by atoms with Crippen LogP contribution in [-0.2, 0) is 11.8 Å². The highest BCUT2D eigenvalue weighted by Gasteiger charge is 2.29. The van der Waals surface area contributed by atoms with Gasteiger partial charge in [-0.25, -0.2) is 4.98 Å². The normalized spacial score (nSPS) is 17.3. The smallest absolute Gasteiger partial charge is 0.259 e. The molecule has 0 aliphatic heterocycles. The summed E-state index contributed by atoms with van der Waals surface area (Å²) in [6, 6.07) is 3.12. The van der Waals surface area contributed by atoms with Crippen LogP contribution in [0.4, 0.5) is 5.95 Å². The maximum absolute atomic E-state index is 13.4. The Balaban J connectivity index is 1.75. The Bertz CT molecular complexity index is 1350. The van der Waals surface area contributed by atoms with Gasteiger partial charge in [0.15, 0.2) is 0 Å². The SMILES string of the molecule is C=CC(=O)N[C@H]1CCC[C@H]1Nc1ncc2cc(-c3c(Cl)c(OC)cc(OC)c3Cl)c(=O)n(C)c2n1. The average Bonchev–Trinajstić information content (AvgIpc) is 3.28. The van der Waals surface area contributed by atoms with Crippen LogP contribution in [0.15, 0.2) is 35.8 Å². The first-order valence-corrected chi connectivity index (χ1v) is 11.7. The maximum Gasteiger partial charge on any atom is 0.259 e. The van der Waals surface area contributed by atoms with Crippen molar-refractivity contribution in [2.45, 2.75) is 31.3 Å². The van der Waals surface area contributed by atoms with Crippen molar-refractivity contribution in [2.75, 3.05) is 19.5 Å². The number of hydrogen-bond donors (Lipinski definition) is 2. The molecule has 2 heterocycles. The minimum absolute atomic E-state index is 0.0329. The van der Waals surface area contributed by atoms with Gasteiger partial charge in [-0.2, -0.15) is 4.98 Å². The van der Waals surface area contributed by atoms with Crippen molar-refractivity contribution in [3.63, 3.8) is 0 Å². The highest BCUT2D eigenvalue weighted by atomic mass is 35.5. The number of fused-ring (bicyclic) bond motifs is 1. The van der Waals surface area contributed by atoms with E-state index in [0.717, 1.165) is 19.3 Å². The molecule has 2 N–H and O–H groups in total. The lowest BCUT2D eigenvalue weighted by atomic mass is 10.0. The van der Waals surface area contributed by atoms with Crippen molar-refractivity contribution >= 4 is 46.1 Å². The molecule has 3 aromatic rings. The molecule has 0 bridgehead atoms. The molecule has 1 aliphatic carbocycles. The summed E-state index contributed by atoms with van der Waals surface area (Å²) in [4.78, 5) is 34.1. The van der Waals surface area contributed by atoms with Gasteiger partial charge in [0.1, 0.15) is 17.1 Å². The number of hydrogen-bond acceptors (Lipinski definition) is 7. The predicted octanol–water partition coefficient (Wildman–Crippen LogP) is 3.95. The molecule has 0 unspecified atom stereocenters. The highest BCUT2D eigenvalue weighted by molar-refractivity contribution is 6.41. The van der Waals surface area contributed by atoms with Gasteiger partial charge in [-0.1, -0.05) is 29.8 Å². The van der Waals surface area contributed by atoms with Crippen LogP contribution in [0.25, 0.3) is 22.2 Å². The van der Waals surface area contributed by atoms with Crippen LogP contribution in [0.5, 0.6) is 11.5 Å². The van der Waals surface area contributed by atoms with Gasteiger partial charge in [0.05, 0.1) is 29.8 Å². The van der Waals surface area contributed by atoms with Gasteiger partial charge < -0.3 is 20.1 Å². The summed E-state index contributed by atoms with van der Waals surface area (Å²) in [6.45, 7) is 3.50. The number of ether oxygens (including phenoxy) is 2. The number of carbonyl (C=O) groups is 1. The summed E-state index contributed by atoms with van der Waals surface area (Å²) in [6.07, 6.45) is 5.54. The first-order valence-electron chi connectivity index (χ1n) is 11.0. The molecule has 0 radical (unpaired) electrons. The third kappa shape index (κ3) is 4.66. The van der Waals surface area contributed by atoms with Crippen molar-refractivity contribution in [1.29, 1.82) is 0 Å². The van der Waals surface area contributed by atoms with Gasteiger partial charge in [-0.05, 0) is 31.4 Å². The molecule has 1 aliphatic rings. The first kappa shape index (κ1) is 24.8. The third-order valence-corrected chi connectivity index (χ3v) is 6.89. The highest BCUT2D eigenvalue weighted by Crippen LogP contribution is 2.45. The van der Waals surface area contributed by atoms with E-state index < -0.39 is 0 Å². The van der Waals surface area contributed by atoms with Crippen molar-refractivity contribution in [3.05, 3.63) is 51.4 Å². The third-order valence-electron chi connectivity index (χ3n) is 6.14. The number of methoxy groups -OCH3 is 2. The Labute approximate surface area is 212 Å². The summed E-state index contributed by atoms with van der Waals surface area (Å²) in [7, 11) is 4.56. The van der Waals surface area contributed by atoms with Crippen LogP contribution >= 0.6 is 23.2 Å². The van der Waals surface area contributed by atoms with Crippen LogP contribution < -0.4 is 25.7 Å². The number of halogens is 2. The van der Waals surface area contributed by atoms with Gasteiger partial charge in [0.25, 0.3) is 5.56 Å². The Morgan fingerprint density at radius 1 is 1.17 bits per heavy atom. The van der Waals surface area contributed by atoms with E-state index in [9.17, 15) is 9.59 Å². The van der Waals surface area contributed by atoms with Gasteiger partial charge in [-0.15, -0.1) is 0 Å². The minimum atomic E-state index is -0.349. The van der Waals surface area contributed by atoms with Crippen LogP contribution in [0, 0.1) is 0 Å². The fraction of sp³-hybridized carbons (Fsp3) is 0.333. The molecular weight excluding hydrogens is 493 g/mol. The molecule has 1 fully saturated rings. The second-order valence-corrected chi connectivity index (χ2v) is 8.94. The van der Waals surface area contributed by atoms with Crippen LogP contribution in [0.3, 0.4) is 0 Å². The Kier molecular flexibility index (Phi) is 7.18. The van der Waals surface area contributed by atoms with E-state index in [-0.39, 0.29) is 39.2 Å². The molecule has 9 nitrogen and oxygen atoms in total. The van der Waals surface area contributed by atoms with Gasteiger partial charge >= 0.3 is 0 Å². The number of nitrogens with zero attached hydrogens (tertiary/aromatic N) is 3. The Hall–Kier alpha value is -3.30. The van der Waals surface area contributed by atoms with Crippen LogP contribution in [-0.4, -0.2) is 46.7 Å². The van der Waals surface area contributed by atoms with E-state index in [2.05, 4.69) is 27.2 Å². The molecule has 0 saturated heterocycles. The number of aryl methyl sites for hydroxylation is 1. The molecule has 11 heteroatoms. The van der Waals surface area contributed by atoms with Crippen molar-refractivity contribution in [1.82, 2.24) is 19.9 Å². The zero-order chi connectivity index (χ0) is 25.3. The molecule has 184 valence electrons. The summed E-state index contributed by atoms with van der Waals surface area (Å²) in [5.74, 6) is 0.805. The van der Waals surface area contributed by atoms with Crippen LogP contribution in [0.2, 0.25) is 10.0 Å². The zero-order valence-corrected chi connectivity index (χ0v) is 21.0. The van der Waals surface area contributed by atoms with Gasteiger partial charge in [0, 0.05) is 42.3 Å². The summed E-state index contributed by atoms with van der Waals surface area (Å²) in [5, 5.41) is 7.24. The first-order chi connectivity index (χ1) is 16.8. The minimum Gasteiger partial charge on any atom is -0.495 e. The number of anilines is 1. The monoisotopic (exact) mass is 517 g/mol. The molecule has 2 atom stereocenters. The number of benzene rings is 1. The second-order valence-electron chi connectivity index (χ2n) is 8.18. The Morgan fingerprint density at radius 3 is 2.46 bits per heavy atom. The molecule has 1 amide bonds. The lowest BCUT2D eigenvalue weighted by Crippen LogP contribution is -2.42. The quantitative estimate of drug-likeness (QED) is 0.456. The fourth-order valence-corrected chi connectivity index (χ4v) is 5.03. The lowest BCUT2D eigenvalue weighted by Gasteiger charge is -2.22. The molecule has 1 aromatic carbocycles. The van der Waals surface area contributed by atoms with E-state index >= 15 is 0 Å². The van der Waals surface area contributed by atoms with Gasteiger partial charge in [-0.3, -0.25) is 14.2 Å². The molecule has 4 rings (SSSR count). The predicted molar refractivity (Wildman–Crippen MR) is 137 cm³/mol. The van der Waals surface area contributed by atoms with Crippen LogP contribution in [0.1, 0.15) is 19.3 Å². The molecule has 2 aromatic heterocycles. The maximum atomic E-state index is 13.4. The largest absolute Gasteiger partial charge is 0.495 e. The molecule has 35 heavy (non-hydrogen) atoms. The number of carbonyl (C=O) groups excluding carboxylic acids is 1. The van der Waals surface area contributed by atoms with Gasteiger partial charge in [0.2, 0.25) is 11.9 Å². The summed E-state index contributed by atoms with van der Waals surface area (Å²) in [5.41, 5.74) is 0.654. The molecule has 0 spiro atoms. The van der Waals surface area contributed by atoms with Crippen molar-refractivity contribution in [3.8, 4) is 22.6 Å². The number of pyridine rings is 1. The molecule has 1 saturated carbocycles. The average molecular weight is 518 g/mol. The summed E-state index contributed by atoms with van der Waals surface area (Å²) >= 11 is 13.1. The number of nitrogens with one attached hydrogen (secondary N) is 2. The number of rotatable bonds is 7. The van der Waals surface area contributed by atoms with E-state index in [1.165, 1.54) is 24.9 Å². The standard InChI is InChI=1S/C24H25Cl2N5O4/c1-5-18(32)28-14-7-6-8-15(14)29-24-27-11-12-9-13(23(33)31(2)22(12)30-24)19-20(25)16(34-3)10-17(35-4)21(19)26/h5,9-11,14-15H,1,6-8H2,2-4H3,(H,28,32)(H,27,29,30)/t14-,15+/m0/s1. The van der Waals surface area contributed by atoms with E-state index in [0.29, 0.717) is 34.0 Å². The number of aromatic nitrogens is 3. The van der Waals surface area contributed by atoms with E-state index in [1.807, 2.05) is 0 Å². The second kappa shape index (κ2) is 10.1. The summed E-state index contributed by atoms with van der Waals surface area (Å²) < 4.78 is 12.1. The van der Waals surface area contributed by atoms with E-state index in [1.54, 1.807) is 25.4 Å². The zero-order valence-electron chi connectivity index (χ0n) is 19.5. The van der Waals surface area contributed by atoms with E-state index in [4.69, 9.17) is 32.7 Å². The Morgan fingerprint density at radius 2 is 1.83 bits per heavy atom. The fourth-order valence-electron chi connectivity index (χ4n) is 4.33. The van der Waals surface area contributed by atoms with Crippen molar-refractivity contribution in [2.24, 2.45) is 7.05 Å². The van der Waals surface area contributed by atoms with Crippen molar-refractivity contribution < 1.29 is 14.3 Å². The topological polar surface area (TPSA) is 107 Å². The number of amides is 1. The lowest BCUT2D eigenvalue weighted by molar-refractivity contribution is -0.117.